The molecule has 3 nitrogen and oxygen atoms in total. The molecule has 0 heterocycles. The van der Waals surface area contributed by atoms with Crippen LogP contribution >= 0.6 is 0 Å². The van der Waals surface area contributed by atoms with Crippen molar-refractivity contribution in [3.8, 4) is 0 Å². The number of hydrogen-bond acceptors (Lipinski definition) is 2. The van der Waals surface area contributed by atoms with Gasteiger partial charge in [-0.3, -0.25) is 4.79 Å². The summed E-state index contributed by atoms with van der Waals surface area (Å²) in [6.07, 6.45) is -3.86. The van der Waals surface area contributed by atoms with E-state index in [0.717, 1.165) is 17.7 Å². The van der Waals surface area contributed by atoms with Gasteiger partial charge in [0.2, 0.25) is 5.91 Å². The molecule has 0 spiro atoms. The van der Waals surface area contributed by atoms with Crippen LogP contribution in [0.15, 0.2) is 24.3 Å². The molecule has 1 aromatic rings. The van der Waals surface area contributed by atoms with E-state index in [2.05, 4.69) is 5.32 Å². The third-order valence-electron chi connectivity index (χ3n) is 3.41. The highest BCUT2D eigenvalue weighted by Crippen LogP contribution is 2.29. The van der Waals surface area contributed by atoms with E-state index in [1.165, 1.54) is 12.1 Å². The van der Waals surface area contributed by atoms with E-state index < -0.39 is 11.7 Å². The highest BCUT2D eigenvalue weighted by atomic mass is 19.4. The third-order valence-corrected chi connectivity index (χ3v) is 3.41. The predicted octanol–water partition coefficient (Wildman–Crippen LogP) is 2.74. The lowest BCUT2D eigenvalue weighted by Crippen LogP contribution is -2.43. The molecule has 1 amide bonds. The molecule has 3 atom stereocenters. The molecule has 0 radical (unpaired) electrons. The van der Waals surface area contributed by atoms with Crippen molar-refractivity contribution in [1.29, 1.82) is 0 Å². The van der Waals surface area contributed by atoms with Crippen LogP contribution in [0.3, 0.4) is 0 Å². The Morgan fingerprint density at radius 2 is 1.71 bits per heavy atom. The van der Waals surface area contributed by atoms with Crippen LogP contribution in [-0.4, -0.2) is 18.0 Å². The first kappa shape index (κ1) is 17.5. The van der Waals surface area contributed by atoms with Crippen molar-refractivity contribution in [2.24, 2.45) is 11.7 Å². The minimum Gasteiger partial charge on any atom is -0.353 e. The molecule has 118 valence electrons. The summed E-state index contributed by atoms with van der Waals surface area (Å²) < 4.78 is 37.3. The third kappa shape index (κ3) is 5.38. The van der Waals surface area contributed by atoms with E-state index >= 15 is 0 Å². The van der Waals surface area contributed by atoms with Crippen molar-refractivity contribution in [2.45, 2.75) is 45.5 Å². The molecular weight excluding hydrogens is 281 g/mol. The summed E-state index contributed by atoms with van der Waals surface area (Å²) in [7, 11) is 0. The Morgan fingerprint density at radius 1 is 1.19 bits per heavy atom. The van der Waals surface area contributed by atoms with Crippen molar-refractivity contribution < 1.29 is 18.0 Å². The average Bonchev–Trinajstić information content (AvgIpc) is 2.36. The van der Waals surface area contributed by atoms with Crippen molar-refractivity contribution in [1.82, 2.24) is 5.32 Å². The van der Waals surface area contributed by atoms with Crippen LogP contribution < -0.4 is 11.1 Å². The van der Waals surface area contributed by atoms with Crippen molar-refractivity contribution in [2.75, 3.05) is 0 Å². The number of nitrogens with one attached hydrogen (secondary N) is 1. The molecule has 0 aliphatic carbocycles. The van der Waals surface area contributed by atoms with Crippen molar-refractivity contribution in [3.63, 3.8) is 0 Å². The van der Waals surface area contributed by atoms with Crippen LogP contribution in [0.25, 0.3) is 0 Å². The first-order valence-electron chi connectivity index (χ1n) is 6.83. The molecule has 3 N–H and O–H groups in total. The maximum atomic E-state index is 12.4. The standard InChI is InChI=1S/C15H21F3N2O/c1-9(20-14(21)10(2)11(3)19)8-12-4-6-13(7-5-12)15(16,17)18/h4-7,9-11H,8,19H2,1-3H3,(H,20,21). The highest BCUT2D eigenvalue weighted by Gasteiger charge is 2.30. The summed E-state index contributed by atoms with van der Waals surface area (Å²) in [4.78, 5) is 11.8. The monoisotopic (exact) mass is 302 g/mol. The number of hydrogen-bond donors (Lipinski definition) is 2. The van der Waals surface area contributed by atoms with Crippen LogP contribution in [0.5, 0.6) is 0 Å². The smallest absolute Gasteiger partial charge is 0.353 e. The lowest BCUT2D eigenvalue weighted by Gasteiger charge is -2.20. The van der Waals surface area contributed by atoms with E-state index in [1.807, 2.05) is 6.92 Å². The molecule has 21 heavy (non-hydrogen) atoms. The van der Waals surface area contributed by atoms with Crippen LogP contribution in [0.1, 0.15) is 31.9 Å². The number of benzene rings is 1. The van der Waals surface area contributed by atoms with Gasteiger partial charge >= 0.3 is 6.18 Å². The Labute approximate surface area is 122 Å². The van der Waals surface area contributed by atoms with Gasteiger partial charge in [-0.2, -0.15) is 13.2 Å². The summed E-state index contributed by atoms with van der Waals surface area (Å²) in [6, 6.07) is 4.54. The van der Waals surface area contributed by atoms with Gasteiger partial charge in [-0.15, -0.1) is 0 Å². The molecule has 0 bridgehead atoms. The maximum Gasteiger partial charge on any atom is 0.416 e. The molecule has 0 fully saturated rings. The second kappa shape index (κ2) is 6.93. The molecule has 0 saturated heterocycles. The normalized spacial score (nSPS) is 16.1. The number of carbonyl (C=O) groups is 1. The number of amides is 1. The zero-order valence-corrected chi connectivity index (χ0v) is 12.4. The SMILES string of the molecule is CC(Cc1ccc(C(F)(F)F)cc1)NC(=O)C(C)C(C)N. The van der Waals surface area contributed by atoms with Crippen LogP contribution in [0.4, 0.5) is 13.2 Å². The summed E-state index contributed by atoms with van der Waals surface area (Å²) in [5.41, 5.74) is 5.72. The first-order valence-corrected chi connectivity index (χ1v) is 6.83. The summed E-state index contributed by atoms with van der Waals surface area (Å²) in [5.74, 6) is -0.454. The predicted molar refractivity (Wildman–Crippen MR) is 75.6 cm³/mol. The number of alkyl halides is 3. The van der Waals surface area contributed by atoms with Crippen LogP contribution in [-0.2, 0) is 17.4 Å². The Balaban J connectivity index is 2.59. The van der Waals surface area contributed by atoms with Gasteiger partial charge in [0.15, 0.2) is 0 Å². The fourth-order valence-corrected chi connectivity index (χ4v) is 1.85. The average molecular weight is 302 g/mol. The number of nitrogens with two attached hydrogens (primary N) is 1. The minimum atomic E-state index is -4.33. The molecule has 1 aromatic carbocycles. The van der Waals surface area contributed by atoms with Crippen molar-refractivity contribution >= 4 is 5.91 Å². The van der Waals surface area contributed by atoms with E-state index in [9.17, 15) is 18.0 Å². The van der Waals surface area contributed by atoms with Gasteiger partial charge in [0.05, 0.1) is 5.56 Å². The fourth-order valence-electron chi connectivity index (χ4n) is 1.85. The van der Waals surface area contributed by atoms with Gasteiger partial charge in [0.25, 0.3) is 0 Å². The fraction of sp³-hybridized carbons (Fsp3) is 0.533. The Hall–Kier alpha value is -1.56. The summed E-state index contributed by atoms with van der Waals surface area (Å²) in [6.45, 7) is 5.30. The number of halogens is 3. The minimum absolute atomic E-state index is 0.149. The van der Waals surface area contributed by atoms with E-state index in [4.69, 9.17) is 5.73 Å². The molecule has 6 heteroatoms. The Bertz CT molecular complexity index is 469. The molecule has 0 aliphatic rings. The molecule has 0 aromatic heterocycles. The zero-order chi connectivity index (χ0) is 16.2. The van der Waals surface area contributed by atoms with E-state index in [-0.39, 0.29) is 23.9 Å². The molecular formula is C15H21F3N2O. The second-order valence-electron chi connectivity index (χ2n) is 5.46. The van der Waals surface area contributed by atoms with E-state index in [0.29, 0.717) is 6.42 Å². The lowest BCUT2D eigenvalue weighted by atomic mass is 10.0. The number of rotatable bonds is 5. The first-order chi connectivity index (χ1) is 9.61. The quantitative estimate of drug-likeness (QED) is 0.878. The van der Waals surface area contributed by atoms with Gasteiger partial charge in [-0.25, -0.2) is 0 Å². The van der Waals surface area contributed by atoms with Gasteiger partial charge < -0.3 is 11.1 Å². The largest absolute Gasteiger partial charge is 0.416 e. The molecule has 1 rings (SSSR count). The van der Waals surface area contributed by atoms with Gasteiger partial charge in [0.1, 0.15) is 0 Å². The van der Waals surface area contributed by atoms with Gasteiger partial charge in [0, 0.05) is 18.0 Å². The van der Waals surface area contributed by atoms with Gasteiger partial charge in [-0.05, 0) is 38.0 Å². The highest BCUT2D eigenvalue weighted by molar-refractivity contribution is 5.79. The maximum absolute atomic E-state index is 12.4. The topological polar surface area (TPSA) is 55.1 Å². The Morgan fingerprint density at radius 3 is 2.14 bits per heavy atom. The molecule has 0 aliphatic heterocycles. The molecule has 0 saturated carbocycles. The lowest BCUT2D eigenvalue weighted by molar-refractivity contribution is -0.137. The number of carbonyl (C=O) groups excluding carboxylic acids is 1. The summed E-state index contributed by atoms with van der Waals surface area (Å²) in [5, 5.41) is 2.81. The van der Waals surface area contributed by atoms with Gasteiger partial charge in [-0.1, -0.05) is 19.1 Å². The van der Waals surface area contributed by atoms with E-state index in [1.54, 1.807) is 13.8 Å². The van der Waals surface area contributed by atoms with Crippen molar-refractivity contribution in [3.05, 3.63) is 35.4 Å². The second-order valence-corrected chi connectivity index (χ2v) is 5.46. The van der Waals surface area contributed by atoms with Crippen LogP contribution in [0.2, 0.25) is 0 Å². The molecule has 3 unspecified atom stereocenters. The van der Waals surface area contributed by atoms with Crippen LogP contribution in [0, 0.1) is 5.92 Å². The zero-order valence-electron chi connectivity index (χ0n) is 12.4. The summed E-state index contributed by atoms with van der Waals surface area (Å²) >= 11 is 0. The Kier molecular flexibility index (Phi) is 5.78.